The van der Waals surface area contributed by atoms with Crippen LogP contribution in [0.3, 0.4) is 0 Å². The Kier molecular flexibility index (Phi) is 5.73. The third-order valence-electron chi connectivity index (χ3n) is 4.87. The lowest BCUT2D eigenvalue weighted by molar-refractivity contribution is 0.0958. The predicted molar refractivity (Wildman–Crippen MR) is 114 cm³/mol. The second-order valence-corrected chi connectivity index (χ2v) is 6.96. The number of para-hydroxylation sites is 1. The molecule has 1 aromatic carbocycles. The lowest BCUT2D eigenvalue weighted by Crippen LogP contribution is -2.21. The number of rotatable bonds is 6. The smallest absolute Gasteiger partial charge is 0.280 e. The third-order valence-corrected chi connectivity index (χ3v) is 4.87. The maximum absolute atomic E-state index is 13.8. The number of nitrogens with one attached hydrogen (secondary N) is 2. The molecule has 0 bridgehead atoms. The van der Waals surface area contributed by atoms with Crippen molar-refractivity contribution < 1.29 is 23.1 Å². The molecule has 0 radical (unpaired) electrons. The Morgan fingerprint density at radius 1 is 1.18 bits per heavy atom. The molecule has 170 valence electrons. The number of aryl methyl sites for hydroxylation is 1. The lowest BCUT2D eigenvalue weighted by atomic mass is 10.1. The average Bonchev–Trinajstić information content (AvgIpc) is 3.40. The fraction of sp³-hybridized carbons (Fsp3) is 0.190. The number of aromatic nitrogens is 5. The molecule has 0 aliphatic rings. The molecule has 10 nitrogen and oxygen atoms in total. The number of hydrogen-bond acceptors (Lipinski definition) is 6. The van der Waals surface area contributed by atoms with Gasteiger partial charge in [-0.2, -0.15) is 10.2 Å². The van der Waals surface area contributed by atoms with E-state index in [4.69, 9.17) is 4.74 Å². The molecule has 33 heavy (non-hydrogen) atoms. The number of carbonyl (C=O) groups excluding carboxylic acids is 2. The molecule has 3 aromatic heterocycles. The van der Waals surface area contributed by atoms with Crippen LogP contribution >= 0.6 is 0 Å². The minimum absolute atomic E-state index is 0.000707. The summed E-state index contributed by atoms with van der Waals surface area (Å²) in [6.45, 7) is 0. The largest absolute Gasteiger partial charge is 0.496 e. The monoisotopic (exact) mass is 455 g/mol. The van der Waals surface area contributed by atoms with Crippen LogP contribution in [0.4, 0.5) is 14.5 Å². The molecule has 0 atom stereocenters. The van der Waals surface area contributed by atoms with Crippen molar-refractivity contribution in [2.75, 3.05) is 19.5 Å². The molecule has 2 N–H and O–H groups in total. The first-order valence-corrected chi connectivity index (χ1v) is 9.71. The van der Waals surface area contributed by atoms with Gasteiger partial charge in [0.1, 0.15) is 17.0 Å². The van der Waals surface area contributed by atoms with Crippen LogP contribution in [-0.2, 0) is 7.05 Å². The van der Waals surface area contributed by atoms with E-state index in [1.807, 2.05) is 0 Å². The topological polar surface area (TPSA) is 115 Å². The van der Waals surface area contributed by atoms with Crippen molar-refractivity contribution in [3.63, 3.8) is 0 Å². The first kappa shape index (κ1) is 21.9. The zero-order valence-electron chi connectivity index (χ0n) is 17.8. The average molecular weight is 455 g/mol. The number of methoxy groups -OCH3 is 1. The number of fused-ring (bicyclic) bond motifs is 1. The summed E-state index contributed by atoms with van der Waals surface area (Å²) in [6, 6.07) is 8.02. The maximum atomic E-state index is 13.8. The molecule has 0 spiro atoms. The van der Waals surface area contributed by atoms with E-state index in [0.29, 0.717) is 11.3 Å². The summed E-state index contributed by atoms with van der Waals surface area (Å²) in [6.07, 6.45) is -0.282. The van der Waals surface area contributed by atoms with Gasteiger partial charge in [-0.3, -0.25) is 14.3 Å². The van der Waals surface area contributed by atoms with Crippen LogP contribution in [0.15, 0.2) is 42.7 Å². The number of ether oxygens (including phenoxy) is 1. The van der Waals surface area contributed by atoms with E-state index in [-0.39, 0.29) is 28.3 Å². The summed E-state index contributed by atoms with van der Waals surface area (Å²) in [7, 11) is 4.48. The highest BCUT2D eigenvalue weighted by Crippen LogP contribution is 2.32. The minimum atomic E-state index is -2.88. The third kappa shape index (κ3) is 3.97. The molecule has 12 heteroatoms. The number of nitrogens with zero attached hydrogens (tertiary/aromatic N) is 5. The SMILES string of the molecule is CNC(=O)c1nn(C)cc1NC(=O)c1cnn2c(C(F)F)cc(-c3ccccc3OC)nc12. The molecule has 4 aromatic rings. The number of benzene rings is 1. The molecule has 0 unspecified atom stereocenters. The van der Waals surface area contributed by atoms with Gasteiger partial charge in [0, 0.05) is 25.9 Å². The van der Waals surface area contributed by atoms with Crippen LogP contribution in [0.25, 0.3) is 16.9 Å². The van der Waals surface area contributed by atoms with Crippen LogP contribution in [0, 0.1) is 0 Å². The van der Waals surface area contributed by atoms with Gasteiger partial charge in [-0.15, -0.1) is 0 Å². The van der Waals surface area contributed by atoms with Crippen molar-refractivity contribution in [1.29, 1.82) is 0 Å². The van der Waals surface area contributed by atoms with E-state index in [9.17, 15) is 18.4 Å². The fourth-order valence-electron chi connectivity index (χ4n) is 3.35. The van der Waals surface area contributed by atoms with Gasteiger partial charge in [-0.05, 0) is 18.2 Å². The quantitative estimate of drug-likeness (QED) is 0.462. The van der Waals surface area contributed by atoms with Crippen molar-refractivity contribution in [2.45, 2.75) is 6.43 Å². The number of hydrogen-bond donors (Lipinski definition) is 2. The molecule has 4 rings (SSSR count). The summed E-state index contributed by atoms with van der Waals surface area (Å²) in [5.41, 5.74) is 0.254. The Morgan fingerprint density at radius 3 is 2.64 bits per heavy atom. The molecule has 0 aliphatic carbocycles. The van der Waals surface area contributed by atoms with Crippen LogP contribution in [0.5, 0.6) is 5.75 Å². The highest BCUT2D eigenvalue weighted by molar-refractivity contribution is 6.11. The standard InChI is InChI=1S/C21H19F2N7O3/c1-24-21(32)17-14(10-29(2)28-17)27-20(31)12-9-25-30-15(18(22)23)8-13(26-19(12)30)11-6-4-5-7-16(11)33-3/h4-10,18H,1-3H3,(H,24,32)(H,27,31). The summed E-state index contributed by atoms with van der Waals surface area (Å²) in [5, 5.41) is 13.0. The molecule has 0 aliphatic heterocycles. The van der Waals surface area contributed by atoms with E-state index < -0.39 is 23.9 Å². The Bertz CT molecular complexity index is 1360. The maximum Gasteiger partial charge on any atom is 0.280 e. The second kappa shape index (κ2) is 8.65. The van der Waals surface area contributed by atoms with Gasteiger partial charge in [0.15, 0.2) is 11.3 Å². The summed E-state index contributed by atoms with van der Waals surface area (Å²) >= 11 is 0. The Labute approximate surface area is 186 Å². The van der Waals surface area contributed by atoms with Crippen LogP contribution in [0.2, 0.25) is 0 Å². The lowest BCUT2D eigenvalue weighted by Gasteiger charge is -2.11. The normalized spacial score (nSPS) is 11.1. The van der Waals surface area contributed by atoms with Crippen molar-refractivity contribution in [3.05, 3.63) is 59.7 Å². The van der Waals surface area contributed by atoms with E-state index in [1.54, 1.807) is 31.3 Å². The van der Waals surface area contributed by atoms with Gasteiger partial charge >= 0.3 is 0 Å². The van der Waals surface area contributed by atoms with Gasteiger partial charge in [-0.1, -0.05) is 12.1 Å². The molecular weight excluding hydrogens is 436 g/mol. The number of halogens is 2. The van der Waals surface area contributed by atoms with Gasteiger partial charge in [0.05, 0.1) is 24.7 Å². The van der Waals surface area contributed by atoms with E-state index in [1.165, 1.54) is 31.1 Å². The van der Waals surface area contributed by atoms with Crippen LogP contribution in [0.1, 0.15) is 33.0 Å². The Balaban J connectivity index is 1.82. The second-order valence-electron chi connectivity index (χ2n) is 6.96. The minimum Gasteiger partial charge on any atom is -0.496 e. The van der Waals surface area contributed by atoms with Crippen molar-refractivity contribution in [1.82, 2.24) is 29.7 Å². The summed E-state index contributed by atoms with van der Waals surface area (Å²) in [5.74, 6) is -0.749. The van der Waals surface area contributed by atoms with Gasteiger partial charge < -0.3 is 15.4 Å². The number of amides is 2. The molecule has 0 saturated carbocycles. The summed E-state index contributed by atoms with van der Waals surface area (Å²) in [4.78, 5) is 29.5. The van der Waals surface area contributed by atoms with E-state index in [0.717, 1.165) is 10.7 Å². The number of carbonyl (C=O) groups is 2. The number of anilines is 1. The van der Waals surface area contributed by atoms with Crippen molar-refractivity contribution >= 4 is 23.1 Å². The highest BCUT2D eigenvalue weighted by atomic mass is 19.3. The van der Waals surface area contributed by atoms with Crippen molar-refractivity contribution in [2.24, 2.45) is 7.05 Å². The summed E-state index contributed by atoms with van der Waals surface area (Å²) < 4.78 is 35.3. The predicted octanol–water partition coefficient (Wildman–Crippen LogP) is 2.69. The van der Waals surface area contributed by atoms with Crippen molar-refractivity contribution in [3.8, 4) is 17.0 Å². The first-order valence-electron chi connectivity index (χ1n) is 9.71. The zero-order valence-corrected chi connectivity index (χ0v) is 17.8. The van der Waals surface area contributed by atoms with Crippen LogP contribution < -0.4 is 15.4 Å². The molecule has 2 amide bonds. The van der Waals surface area contributed by atoms with E-state index in [2.05, 4.69) is 25.8 Å². The molecule has 0 saturated heterocycles. The van der Waals surface area contributed by atoms with E-state index >= 15 is 0 Å². The number of alkyl halides is 2. The molecule has 3 heterocycles. The van der Waals surface area contributed by atoms with Crippen LogP contribution in [-0.4, -0.2) is 50.4 Å². The molecular formula is C21H19F2N7O3. The Hall–Kier alpha value is -4.35. The Morgan fingerprint density at radius 2 is 1.94 bits per heavy atom. The first-order chi connectivity index (χ1) is 15.8. The van der Waals surface area contributed by atoms with Gasteiger partial charge in [0.25, 0.3) is 18.2 Å². The zero-order chi connectivity index (χ0) is 23.7. The highest BCUT2D eigenvalue weighted by Gasteiger charge is 2.24. The van der Waals surface area contributed by atoms with Gasteiger partial charge in [-0.25, -0.2) is 18.3 Å². The van der Waals surface area contributed by atoms with Gasteiger partial charge in [0.2, 0.25) is 0 Å². The fourth-order valence-corrected chi connectivity index (χ4v) is 3.35. The molecule has 0 fully saturated rings.